The first-order chi connectivity index (χ1) is 8.01. The molecule has 1 rings (SSSR count). The summed E-state index contributed by atoms with van der Waals surface area (Å²) in [6.45, 7) is 1.61. The molecule has 0 atom stereocenters. The van der Waals surface area contributed by atoms with Crippen LogP contribution in [0.5, 0.6) is 0 Å². The average molecular weight is 257 g/mol. The summed E-state index contributed by atoms with van der Waals surface area (Å²) in [5.74, 6) is -0.303. The molecule has 0 bridgehead atoms. The SMILES string of the molecule is CCS(=O)(=O)c1ccc(C(=O)NCCO)cc1. The van der Waals surface area contributed by atoms with Crippen LogP contribution < -0.4 is 5.32 Å². The summed E-state index contributed by atoms with van der Waals surface area (Å²) < 4.78 is 23.0. The molecular weight excluding hydrogens is 242 g/mol. The van der Waals surface area contributed by atoms with Gasteiger partial charge >= 0.3 is 0 Å². The van der Waals surface area contributed by atoms with Crippen LogP contribution in [0.15, 0.2) is 29.2 Å². The zero-order valence-electron chi connectivity index (χ0n) is 9.51. The second kappa shape index (κ2) is 5.79. The Morgan fingerprint density at radius 1 is 1.29 bits per heavy atom. The standard InChI is InChI=1S/C11H15NO4S/c1-2-17(15,16)10-5-3-9(4-6-10)11(14)12-7-8-13/h3-6,13H,2,7-8H2,1H3,(H,12,14). The van der Waals surface area contributed by atoms with E-state index in [4.69, 9.17) is 5.11 Å². The van der Waals surface area contributed by atoms with Crippen LogP contribution in [0.3, 0.4) is 0 Å². The topological polar surface area (TPSA) is 83.5 Å². The molecule has 1 amide bonds. The van der Waals surface area contributed by atoms with Crippen LogP contribution in [0, 0.1) is 0 Å². The number of nitrogens with one attached hydrogen (secondary N) is 1. The molecule has 1 aromatic rings. The highest BCUT2D eigenvalue weighted by Crippen LogP contribution is 2.12. The van der Waals surface area contributed by atoms with Gasteiger partial charge in [0, 0.05) is 12.1 Å². The second-order valence-electron chi connectivity index (χ2n) is 3.41. The Morgan fingerprint density at radius 2 is 1.88 bits per heavy atom. The molecule has 0 heterocycles. The third-order valence-electron chi connectivity index (χ3n) is 2.25. The summed E-state index contributed by atoms with van der Waals surface area (Å²) in [5.41, 5.74) is 0.369. The highest BCUT2D eigenvalue weighted by molar-refractivity contribution is 7.91. The lowest BCUT2D eigenvalue weighted by Gasteiger charge is -2.05. The first-order valence-corrected chi connectivity index (χ1v) is 6.88. The quantitative estimate of drug-likeness (QED) is 0.789. The van der Waals surface area contributed by atoms with E-state index in [-0.39, 0.29) is 29.7 Å². The van der Waals surface area contributed by atoms with Crippen LogP contribution in [0.1, 0.15) is 17.3 Å². The van der Waals surface area contributed by atoms with Crippen LogP contribution in [-0.2, 0) is 9.84 Å². The van der Waals surface area contributed by atoms with Gasteiger partial charge < -0.3 is 10.4 Å². The molecule has 17 heavy (non-hydrogen) atoms. The lowest BCUT2D eigenvalue weighted by atomic mass is 10.2. The molecule has 5 nitrogen and oxygen atoms in total. The van der Waals surface area contributed by atoms with Crippen LogP contribution in [0.2, 0.25) is 0 Å². The minimum atomic E-state index is -3.23. The average Bonchev–Trinajstić information content (AvgIpc) is 2.36. The molecule has 0 saturated carbocycles. The van der Waals surface area contributed by atoms with Gasteiger partial charge in [0.15, 0.2) is 9.84 Å². The third kappa shape index (κ3) is 3.54. The highest BCUT2D eigenvalue weighted by atomic mass is 32.2. The maximum absolute atomic E-state index is 11.5. The maximum Gasteiger partial charge on any atom is 0.251 e. The van der Waals surface area contributed by atoms with Crippen LogP contribution in [-0.4, -0.2) is 38.3 Å². The molecule has 6 heteroatoms. The van der Waals surface area contributed by atoms with Crippen molar-refractivity contribution in [3.8, 4) is 0 Å². The van der Waals surface area contributed by atoms with E-state index < -0.39 is 9.84 Å². The number of carbonyl (C=O) groups excluding carboxylic acids is 1. The molecule has 2 N–H and O–H groups in total. The number of hydrogen-bond donors (Lipinski definition) is 2. The molecule has 0 radical (unpaired) electrons. The molecule has 0 fully saturated rings. The minimum absolute atomic E-state index is 0.0308. The molecule has 0 aliphatic heterocycles. The molecular formula is C11H15NO4S. The van der Waals surface area contributed by atoms with Gasteiger partial charge in [-0.3, -0.25) is 4.79 Å². The van der Waals surface area contributed by atoms with Crippen molar-refractivity contribution in [1.29, 1.82) is 0 Å². The van der Waals surface area contributed by atoms with E-state index in [9.17, 15) is 13.2 Å². The first-order valence-electron chi connectivity index (χ1n) is 5.23. The van der Waals surface area contributed by atoms with E-state index >= 15 is 0 Å². The lowest BCUT2D eigenvalue weighted by Crippen LogP contribution is -2.26. The molecule has 0 spiro atoms. The summed E-state index contributed by atoms with van der Waals surface area (Å²) in [6, 6.07) is 5.73. The highest BCUT2D eigenvalue weighted by Gasteiger charge is 2.12. The number of hydrogen-bond acceptors (Lipinski definition) is 4. The first kappa shape index (κ1) is 13.7. The normalized spacial score (nSPS) is 11.2. The summed E-state index contributed by atoms with van der Waals surface area (Å²) in [4.78, 5) is 11.7. The van der Waals surface area contributed by atoms with Gasteiger partial charge in [-0.05, 0) is 24.3 Å². The Balaban J connectivity index is 2.85. The summed E-state index contributed by atoms with van der Waals surface area (Å²) >= 11 is 0. The van der Waals surface area contributed by atoms with Gasteiger partial charge in [0.1, 0.15) is 0 Å². The number of aliphatic hydroxyl groups is 1. The fraction of sp³-hybridized carbons (Fsp3) is 0.364. The number of amides is 1. The van der Waals surface area contributed by atoms with Gasteiger partial charge in [-0.15, -0.1) is 0 Å². The molecule has 94 valence electrons. The minimum Gasteiger partial charge on any atom is -0.395 e. The van der Waals surface area contributed by atoms with Gasteiger partial charge in [-0.25, -0.2) is 8.42 Å². The monoisotopic (exact) mass is 257 g/mol. The van der Waals surface area contributed by atoms with Gasteiger partial charge in [0.2, 0.25) is 0 Å². The predicted molar refractivity (Wildman–Crippen MR) is 63.6 cm³/mol. The van der Waals surface area contributed by atoms with Gasteiger partial charge in [0.25, 0.3) is 5.91 Å². The van der Waals surface area contributed by atoms with Crippen molar-refractivity contribution in [3.05, 3.63) is 29.8 Å². The van der Waals surface area contributed by atoms with E-state index in [0.29, 0.717) is 5.56 Å². The maximum atomic E-state index is 11.5. The lowest BCUT2D eigenvalue weighted by molar-refractivity contribution is 0.0944. The van der Waals surface area contributed by atoms with E-state index in [1.54, 1.807) is 6.92 Å². The number of sulfone groups is 1. The molecule has 0 unspecified atom stereocenters. The van der Waals surface area contributed by atoms with Crippen molar-refractivity contribution >= 4 is 15.7 Å². The number of carbonyl (C=O) groups is 1. The van der Waals surface area contributed by atoms with E-state index in [1.807, 2.05) is 0 Å². The second-order valence-corrected chi connectivity index (χ2v) is 5.69. The van der Waals surface area contributed by atoms with Gasteiger partial charge in [0.05, 0.1) is 17.3 Å². The van der Waals surface area contributed by atoms with Gasteiger partial charge in [-0.1, -0.05) is 6.92 Å². The van der Waals surface area contributed by atoms with E-state index in [0.717, 1.165) is 0 Å². The van der Waals surface area contributed by atoms with E-state index in [2.05, 4.69) is 5.32 Å². The summed E-state index contributed by atoms with van der Waals surface area (Å²) in [5, 5.41) is 11.0. The zero-order valence-corrected chi connectivity index (χ0v) is 10.3. The Hall–Kier alpha value is -1.40. The van der Waals surface area contributed by atoms with E-state index in [1.165, 1.54) is 24.3 Å². The predicted octanol–water partition coefficient (Wildman–Crippen LogP) is 0.202. The van der Waals surface area contributed by atoms with Crippen LogP contribution in [0.4, 0.5) is 0 Å². The smallest absolute Gasteiger partial charge is 0.251 e. The van der Waals surface area contributed by atoms with Crippen molar-refractivity contribution in [3.63, 3.8) is 0 Å². The summed E-state index contributed by atoms with van der Waals surface area (Å²) in [6.07, 6.45) is 0. The van der Waals surface area contributed by atoms with Gasteiger partial charge in [-0.2, -0.15) is 0 Å². The molecule has 0 aromatic heterocycles. The Labute approximate surface area is 100 Å². The molecule has 1 aromatic carbocycles. The zero-order chi connectivity index (χ0) is 12.9. The van der Waals surface area contributed by atoms with Crippen molar-refractivity contribution in [2.24, 2.45) is 0 Å². The number of rotatable bonds is 5. The fourth-order valence-corrected chi connectivity index (χ4v) is 2.14. The fourth-order valence-electron chi connectivity index (χ4n) is 1.25. The summed E-state index contributed by atoms with van der Waals surface area (Å²) in [7, 11) is -3.23. The van der Waals surface area contributed by atoms with Crippen molar-refractivity contribution < 1.29 is 18.3 Å². The Kier molecular flexibility index (Phi) is 4.65. The van der Waals surface area contributed by atoms with Crippen LogP contribution >= 0.6 is 0 Å². The molecule has 0 saturated heterocycles. The van der Waals surface area contributed by atoms with Crippen LogP contribution in [0.25, 0.3) is 0 Å². The number of aliphatic hydroxyl groups excluding tert-OH is 1. The Bertz CT molecular complexity index is 479. The molecule has 0 aliphatic carbocycles. The third-order valence-corrected chi connectivity index (χ3v) is 4.00. The van der Waals surface area contributed by atoms with Crippen molar-refractivity contribution in [2.75, 3.05) is 18.9 Å². The van der Waals surface area contributed by atoms with Crippen molar-refractivity contribution in [2.45, 2.75) is 11.8 Å². The number of benzene rings is 1. The van der Waals surface area contributed by atoms with Crippen molar-refractivity contribution in [1.82, 2.24) is 5.32 Å². The molecule has 0 aliphatic rings. The largest absolute Gasteiger partial charge is 0.395 e. The Morgan fingerprint density at radius 3 is 2.35 bits per heavy atom.